The van der Waals surface area contributed by atoms with Crippen LogP contribution in [0.5, 0.6) is 5.75 Å². The molecule has 0 radical (unpaired) electrons. The summed E-state index contributed by atoms with van der Waals surface area (Å²) in [5.74, 6) is 0.753. The molecule has 4 heteroatoms. The number of hydrogen-bond acceptors (Lipinski definition) is 3. The number of rotatable bonds is 3. The molecule has 0 aliphatic carbocycles. The zero-order valence-corrected chi connectivity index (χ0v) is 10.1. The van der Waals surface area contributed by atoms with E-state index in [0.717, 1.165) is 15.8 Å². The zero-order valence-electron chi connectivity index (χ0n) is 8.56. The topological polar surface area (TPSA) is 48.1 Å². The number of nitrogens with zero attached hydrogens (tertiary/aromatic N) is 1. The monoisotopic (exact) mass is 278 g/mol. The Morgan fingerprint density at radius 3 is 2.62 bits per heavy atom. The average molecular weight is 279 g/mol. The van der Waals surface area contributed by atoms with E-state index in [1.54, 1.807) is 18.5 Å². The number of anilines is 1. The molecule has 16 heavy (non-hydrogen) atoms. The van der Waals surface area contributed by atoms with E-state index in [4.69, 9.17) is 10.5 Å². The summed E-state index contributed by atoms with van der Waals surface area (Å²) < 4.78 is 6.53. The third-order valence-corrected chi connectivity index (χ3v) is 2.51. The Labute approximate surface area is 102 Å². The molecule has 3 nitrogen and oxygen atoms in total. The van der Waals surface area contributed by atoms with E-state index in [-0.39, 0.29) is 0 Å². The van der Waals surface area contributed by atoms with E-state index >= 15 is 0 Å². The Bertz CT molecular complexity index is 453. The van der Waals surface area contributed by atoms with Crippen LogP contribution in [0.4, 0.5) is 5.69 Å². The van der Waals surface area contributed by atoms with Crippen molar-refractivity contribution in [3.8, 4) is 5.75 Å². The Morgan fingerprint density at radius 2 is 1.94 bits per heavy atom. The number of ether oxygens (including phenoxy) is 1. The van der Waals surface area contributed by atoms with E-state index < -0.39 is 0 Å². The zero-order chi connectivity index (χ0) is 11.4. The van der Waals surface area contributed by atoms with Gasteiger partial charge in [-0.1, -0.05) is 15.9 Å². The first kappa shape index (κ1) is 11.0. The summed E-state index contributed by atoms with van der Waals surface area (Å²) in [7, 11) is 0. The maximum absolute atomic E-state index is 5.71. The molecule has 0 bridgehead atoms. The van der Waals surface area contributed by atoms with Gasteiger partial charge in [0.2, 0.25) is 0 Å². The lowest BCUT2D eigenvalue weighted by Crippen LogP contribution is -1.96. The summed E-state index contributed by atoms with van der Waals surface area (Å²) in [6.07, 6.45) is 3.49. The third-order valence-electron chi connectivity index (χ3n) is 2.05. The molecule has 0 saturated carbocycles. The minimum Gasteiger partial charge on any atom is -0.489 e. The Hall–Kier alpha value is -1.55. The highest BCUT2D eigenvalue weighted by Crippen LogP contribution is 2.23. The van der Waals surface area contributed by atoms with Gasteiger partial charge in [-0.05, 0) is 29.8 Å². The predicted octanol–water partition coefficient (Wildman–Crippen LogP) is 3.01. The molecule has 1 aromatic heterocycles. The van der Waals surface area contributed by atoms with E-state index in [1.165, 1.54) is 0 Å². The van der Waals surface area contributed by atoms with Gasteiger partial charge in [-0.15, -0.1) is 0 Å². The number of hydrogen-bond donors (Lipinski definition) is 1. The lowest BCUT2D eigenvalue weighted by molar-refractivity contribution is 0.306. The van der Waals surface area contributed by atoms with Crippen LogP contribution in [-0.4, -0.2) is 4.98 Å². The van der Waals surface area contributed by atoms with Crippen molar-refractivity contribution in [2.75, 3.05) is 5.73 Å². The van der Waals surface area contributed by atoms with Crippen LogP contribution in [0.2, 0.25) is 0 Å². The molecule has 0 unspecified atom stereocenters. The molecule has 0 aliphatic heterocycles. The molecule has 0 atom stereocenters. The van der Waals surface area contributed by atoms with Gasteiger partial charge in [0.15, 0.2) is 0 Å². The average Bonchev–Trinajstić information content (AvgIpc) is 2.27. The fraction of sp³-hybridized carbons (Fsp3) is 0.0833. The molecule has 1 aromatic carbocycles. The first-order valence-electron chi connectivity index (χ1n) is 4.82. The minimum atomic E-state index is 0.512. The maximum Gasteiger partial charge on any atom is 0.122 e. The van der Waals surface area contributed by atoms with Gasteiger partial charge in [0.05, 0.1) is 0 Å². The molecule has 82 valence electrons. The van der Waals surface area contributed by atoms with E-state index in [1.807, 2.05) is 24.3 Å². The van der Waals surface area contributed by atoms with Crippen molar-refractivity contribution in [2.24, 2.45) is 0 Å². The van der Waals surface area contributed by atoms with Crippen LogP contribution in [0.3, 0.4) is 0 Å². The lowest BCUT2D eigenvalue weighted by atomic mass is 10.3. The molecule has 0 saturated heterocycles. The van der Waals surface area contributed by atoms with Gasteiger partial charge in [0.1, 0.15) is 12.4 Å². The number of nitrogens with two attached hydrogens (primary N) is 1. The minimum absolute atomic E-state index is 0.512. The van der Waals surface area contributed by atoms with E-state index in [0.29, 0.717) is 12.3 Å². The molecule has 0 spiro atoms. The summed E-state index contributed by atoms with van der Waals surface area (Å²) in [6.45, 7) is 0.512. The first-order chi connectivity index (χ1) is 7.74. The fourth-order valence-corrected chi connectivity index (χ4v) is 1.80. The summed E-state index contributed by atoms with van der Waals surface area (Å²) >= 11 is 3.37. The number of benzene rings is 1. The van der Waals surface area contributed by atoms with Crippen molar-refractivity contribution in [3.63, 3.8) is 0 Å². The van der Waals surface area contributed by atoms with E-state index in [2.05, 4.69) is 20.9 Å². The Balaban J connectivity index is 2.05. The highest BCUT2D eigenvalue weighted by Gasteiger charge is 1.98. The Morgan fingerprint density at radius 1 is 1.19 bits per heavy atom. The van der Waals surface area contributed by atoms with Crippen molar-refractivity contribution in [1.29, 1.82) is 0 Å². The first-order valence-corrected chi connectivity index (χ1v) is 5.61. The van der Waals surface area contributed by atoms with Crippen LogP contribution in [0, 0.1) is 0 Å². The number of pyridine rings is 1. The molecule has 0 fully saturated rings. The van der Waals surface area contributed by atoms with Crippen molar-refractivity contribution < 1.29 is 4.74 Å². The number of halogens is 1. The van der Waals surface area contributed by atoms with Crippen LogP contribution < -0.4 is 10.5 Å². The largest absolute Gasteiger partial charge is 0.489 e. The third kappa shape index (κ3) is 2.97. The molecule has 0 amide bonds. The van der Waals surface area contributed by atoms with Crippen LogP contribution in [0.25, 0.3) is 0 Å². The molecule has 0 aliphatic rings. The van der Waals surface area contributed by atoms with Crippen molar-refractivity contribution in [1.82, 2.24) is 4.98 Å². The van der Waals surface area contributed by atoms with Crippen molar-refractivity contribution >= 4 is 21.6 Å². The van der Waals surface area contributed by atoms with Gasteiger partial charge in [-0.3, -0.25) is 4.98 Å². The standard InChI is InChI=1S/C12H11BrN2O/c13-10-5-11(14)7-12(6-10)16-8-9-1-3-15-4-2-9/h1-7H,8,14H2. The highest BCUT2D eigenvalue weighted by molar-refractivity contribution is 9.10. The summed E-state index contributed by atoms with van der Waals surface area (Å²) in [5, 5.41) is 0. The van der Waals surface area contributed by atoms with Crippen LogP contribution >= 0.6 is 15.9 Å². The van der Waals surface area contributed by atoms with Crippen molar-refractivity contribution in [3.05, 3.63) is 52.8 Å². The van der Waals surface area contributed by atoms with Gasteiger partial charge in [-0.25, -0.2) is 0 Å². The highest BCUT2D eigenvalue weighted by atomic mass is 79.9. The van der Waals surface area contributed by atoms with Crippen LogP contribution in [-0.2, 0) is 6.61 Å². The number of nitrogen functional groups attached to an aromatic ring is 1. The SMILES string of the molecule is Nc1cc(Br)cc(OCc2ccncc2)c1. The number of aromatic nitrogens is 1. The van der Waals surface area contributed by atoms with E-state index in [9.17, 15) is 0 Å². The molecule has 1 heterocycles. The normalized spacial score (nSPS) is 10.1. The quantitative estimate of drug-likeness (QED) is 0.878. The summed E-state index contributed by atoms with van der Waals surface area (Å²) in [6, 6.07) is 9.35. The lowest BCUT2D eigenvalue weighted by Gasteiger charge is -2.07. The molecular formula is C12H11BrN2O. The molecule has 2 rings (SSSR count). The van der Waals surface area contributed by atoms with Crippen LogP contribution in [0.15, 0.2) is 47.2 Å². The second-order valence-corrected chi connectivity index (χ2v) is 4.28. The van der Waals surface area contributed by atoms with Crippen LogP contribution in [0.1, 0.15) is 5.56 Å². The smallest absolute Gasteiger partial charge is 0.122 e. The maximum atomic E-state index is 5.71. The predicted molar refractivity (Wildman–Crippen MR) is 67.1 cm³/mol. The molecular weight excluding hydrogens is 268 g/mol. The van der Waals surface area contributed by atoms with Gasteiger partial charge in [0, 0.05) is 28.6 Å². The van der Waals surface area contributed by atoms with Gasteiger partial charge in [0.25, 0.3) is 0 Å². The van der Waals surface area contributed by atoms with Gasteiger partial charge < -0.3 is 10.5 Å². The van der Waals surface area contributed by atoms with Gasteiger partial charge >= 0.3 is 0 Å². The molecule has 2 aromatic rings. The second kappa shape index (κ2) is 4.99. The molecule has 2 N–H and O–H groups in total. The fourth-order valence-electron chi connectivity index (χ4n) is 1.31. The van der Waals surface area contributed by atoms with Gasteiger partial charge in [-0.2, -0.15) is 0 Å². The Kier molecular flexibility index (Phi) is 3.41. The van der Waals surface area contributed by atoms with Crippen molar-refractivity contribution in [2.45, 2.75) is 6.61 Å². The summed E-state index contributed by atoms with van der Waals surface area (Å²) in [5.41, 5.74) is 7.47. The second-order valence-electron chi connectivity index (χ2n) is 3.36. The summed E-state index contributed by atoms with van der Waals surface area (Å²) in [4.78, 5) is 3.95.